The van der Waals surface area contributed by atoms with Gasteiger partial charge in [-0.1, -0.05) is 39.2 Å². The van der Waals surface area contributed by atoms with Crippen molar-refractivity contribution in [3.8, 4) is 0 Å². The van der Waals surface area contributed by atoms with Crippen LogP contribution in [0.4, 0.5) is 0 Å². The molecule has 0 aromatic rings. The Morgan fingerprint density at radius 3 is 2.58 bits per heavy atom. The van der Waals surface area contributed by atoms with E-state index in [9.17, 15) is 5.11 Å². The highest BCUT2D eigenvalue weighted by atomic mass is 16.3. The number of aliphatic hydroxyl groups excluding tert-OH is 1. The minimum absolute atomic E-state index is 0.130. The molecule has 0 aliphatic carbocycles. The van der Waals surface area contributed by atoms with Crippen LogP contribution < -0.4 is 0 Å². The van der Waals surface area contributed by atoms with Crippen molar-refractivity contribution in [1.29, 1.82) is 0 Å². The van der Waals surface area contributed by atoms with E-state index in [1.54, 1.807) is 0 Å². The van der Waals surface area contributed by atoms with Gasteiger partial charge in [0.15, 0.2) is 0 Å². The summed E-state index contributed by atoms with van der Waals surface area (Å²) in [7, 11) is 0. The van der Waals surface area contributed by atoms with Crippen LogP contribution in [0.2, 0.25) is 0 Å². The first-order valence-electron chi connectivity index (χ1n) is 5.01. The highest BCUT2D eigenvalue weighted by Crippen LogP contribution is 2.14. The maximum absolute atomic E-state index is 9.63. The van der Waals surface area contributed by atoms with Crippen LogP contribution in [0.25, 0.3) is 0 Å². The molecular formula is C11H22O. The molecule has 1 heteroatoms. The Labute approximate surface area is 76.5 Å². The summed E-state index contributed by atoms with van der Waals surface area (Å²) in [5.74, 6) is 0.374. The van der Waals surface area contributed by atoms with Crippen molar-refractivity contribution < 1.29 is 5.11 Å². The average Bonchev–Trinajstić information content (AvgIpc) is 2.05. The molecule has 0 aliphatic heterocycles. The second-order valence-corrected chi connectivity index (χ2v) is 3.56. The van der Waals surface area contributed by atoms with Crippen molar-refractivity contribution in [2.45, 2.75) is 52.1 Å². The topological polar surface area (TPSA) is 20.2 Å². The van der Waals surface area contributed by atoms with Crippen molar-refractivity contribution in [3.05, 3.63) is 12.7 Å². The van der Waals surface area contributed by atoms with Crippen LogP contribution in [0.5, 0.6) is 0 Å². The van der Waals surface area contributed by atoms with Crippen molar-refractivity contribution in [1.82, 2.24) is 0 Å². The maximum Gasteiger partial charge on any atom is 0.0568 e. The van der Waals surface area contributed by atoms with E-state index in [1.807, 2.05) is 6.08 Å². The van der Waals surface area contributed by atoms with E-state index in [0.717, 1.165) is 19.3 Å². The Balaban J connectivity index is 3.41. The minimum atomic E-state index is -0.130. The zero-order chi connectivity index (χ0) is 9.40. The average molecular weight is 170 g/mol. The van der Waals surface area contributed by atoms with Gasteiger partial charge >= 0.3 is 0 Å². The third-order valence-electron chi connectivity index (χ3n) is 2.30. The second-order valence-electron chi connectivity index (χ2n) is 3.56. The van der Waals surface area contributed by atoms with Gasteiger partial charge in [0, 0.05) is 0 Å². The molecular weight excluding hydrogens is 148 g/mol. The summed E-state index contributed by atoms with van der Waals surface area (Å²) in [6, 6.07) is 0. The summed E-state index contributed by atoms with van der Waals surface area (Å²) in [6.07, 6.45) is 7.23. The lowest BCUT2D eigenvalue weighted by Crippen LogP contribution is -2.16. The molecule has 1 nitrogen and oxygen atoms in total. The van der Waals surface area contributed by atoms with Gasteiger partial charge in [-0.2, -0.15) is 0 Å². The van der Waals surface area contributed by atoms with Crippen LogP contribution in [0.15, 0.2) is 12.7 Å². The third-order valence-corrected chi connectivity index (χ3v) is 2.30. The van der Waals surface area contributed by atoms with E-state index in [2.05, 4.69) is 20.4 Å². The molecule has 0 aromatic heterocycles. The van der Waals surface area contributed by atoms with Crippen LogP contribution >= 0.6 is 0 Å². The van der Waals surface area contributed by atoms with E-state index in [0.29, 0.717) is 5.92 Å². The van der Waals surface area contributed by atoms with Crippen LogP contribution in [0, 0.1) is 5.92 Å². The Morgan fingerprint density at radius 1 is 1.42 bits per heavy atom. The lowest BCUT2D eigenvalue weighted by atomic mass is 9.96. The van der Waals surface area contributed by atoms with E-state index in [4.69, 9.17) is 0 Å². The zero-order valence-electron chi connectivity index (χ0n) is 8.42. The predicted octanol–water partition coefficient (Wildman–Crippen LogP) is 3.14. The quantitative estimate of drug-likeness (QED) is 0.459. The lowest BCUT2D eigenvalue weighted by molar-refractivity contribution is 0.106. The molecule has 0 aliphatic rings. The predicted molar refractivity (Wildman–Crippen MR) is 54.1 cm³/mol. The summed E-state index contributed by atoms with van der Waals surface area (Å²) < 4.78 is 0. The minimum Gasteiger partial charge on any atom is -0.393 e. The summed E-state index contributed by atoms with van der Waals surface area (Å²) >= 11 is 0. The molecule has 0 fully saturated rings. The number of aliphatic hydroxyl groups is 1. The van der Waals surface area contributed by atoms with Crippen LogP contribution in [-0.4, -0.2) is 11.2 Å². The van der Waals surface area contributed by atoms with Crippen LogP contribution in [0.3, 0.4) is 0 Å². The number of unbranched alkanes of at least 4 members (excludes halogenated alkanes) is 2. The molecule has 0 saturated carbocycles. The zero-order valence-corrected chi connectivity index (χ0v) is 8.42. The van der Waals surface area contributed by atoms with Gasteiger partial charge in [0.25, 0.3) is 0 Å². The molecule has 0 radical (unpaired) electrons. The lowest BCUT2D eigenvalue weighted by Gasteiger charge is -2.16. The van der Waals surface area contributed by atoms with E-state index < -0.39 is 0 Å². The maximum atomic E-state index is 9.63. The first-order valence-corrected chi connectivity index (χ1v) is 5.01. The van der Waals surface area contributed by atoms with E-state index in [-0.39, 0.29) is 6.10 Å². The SMILES string of the molecule is C=CCC(C)C(O)CCCCC. The first-order chi connectivity index (χ1) is 5.72. The van der Waals surface area contributed by atoms with Gasteiger partial charge in [-0.25, -0.2) is 0 Å². The van der Waals surface area contributed by atoms with Crippen molar-refractivity contribution in [3.63, 3.8) is 0 Å². The Hall–Kier alpha value is -0.300. The molecule has 0 amide bonds. The summed E-state index contributed by atoms with van der Waals surface area (Å²) in [4.78, 5) is 0. The van der Waals surface area contributed by atoms with Crippen molar-refractivity contribution >= 4 is 0 Å². The van der Waals surface area contributed by atoms with E-state index in [1.165, 1.54) is 12.8 Å². The molecule has 0 bridgehead atoms. The summed E-state index contributed by atoms with van der Waals surface area (Å²) in [6.45, 7) is 7.93. The fraction of sp³-hybridized carbons (Fsp3) is 0.818. The van der Waals surface area contributed by atoms with Crippen molar-refractivity contribution in [2.75, 3.05) is 0 Å². The van der Waals surface area contributed by atoms with Gasteiger partial charge in [0.2, 0.25) is 0 Å². The monoisotopic (exact) mass is 170 g/mol. The van der Waals surface area contributed by atoms with Gasteiger partial charge < -0.3 is 5.11 Å². The smallest absolute Gasteiger partial charge is 0.0568 e. The van der Waals surface area contributed by atoms with Gasteiger partial charge in [0.1, 0.15) is 0 Å². The highest BCUT2D eigenvalue weighted by molar-refractivity contribution is 4.75. The van der Waals surface area contributed by atoms with Gasteiger partial charge in [-0.3, -0.25) is 0 Å². The first kappa shape index (κ1) is 11.7. The molecule has 0 rings (SSSR count). The largest absolute Gasteiger partial charge is 0.393 e. The molecule has 0 saturated heterocycles. The molecule has 0 heterocycles. The standard InChI is InChI=1S/C11H22O/c1-4-6-7-9-11(12)10(3)8-5-2/h5,10-12H,2,4,6-9H2,1,3H3. The summed E-state index contributed by atoms with van der Waals surface area (Å²) in [5, 5.41) is 9.63. The van der Waals surface area contributed by atoms with Crippen molar-refractivity contribution in [2.24, 2.45) is 5.92 Å². The Morgan fingerprint density at radius 2 is 2.08 bits per heavy atom. The molecule has 2 atom stereocenters. The van der Waals surface area contributed by atoms with E-state index >= 15 is 0 Å². The second kappa shape index (κ2) is 7.35. The third kappa shape index (κ3) is 5.36. The van der Waals surface area contributed by atoms with Crippen LogP contribution in [-0.2, 0) is 0 Å². The molecule has 12 heavy (non-hydrogen) atoms. The fourth-order valence-electron chi connectivity index (χ4n) is 1.31. The Bertz CT molecular complexity index is 110. The number of allylic oxidation sites excluding steroid dienone is 1. The fourth-order valence-corrected chi connectivity index (χ4v) is 1.31. The molecule has 72 valence electrons. The number of rotatable bonds is 7. The normalized spacial score (nSPS) is 15.6. The Kier molecular flexibility index (Phi) is 7.17. The number of hydrogen-bond acceptors (Lipinski definition) is 1. The van der Waals surface area contributed by atoms with Gasteiger partial charge in [-0.05, 0) is 18.8 Å². The number of hydrogen-bond donors (Lipinski definition) is 1. The van der Waals surface area contributed by atoms with Gasteiger partial charge in [-0.15, -0.1) is 6.58 Å². The molecule has 2 unspecified atom stereocenters. The summed E-state index contributed by atoms with van der Waals surface area (Å²) in [5.41, 5.74) is 0. The molecule has 1 N–H and O–H groups in total. The van der Waals surface area contributed by atoms with Crippen LogP contribution in [0.1, 0.15) is 46.0 Å². The highest BCUT2D eigenvalue weighted by Gasteiger charge is 2.11. The molecule has 0 spiro atoms. The molecule has 0 aromatic carbocycles. The van der Waals surface area contributed by atoms with Gasteiger partial charge in [0.05, 0.1) is 6.10 Å².